The maximum absolute atomic E-state index is 6.25. The van der Waals surface area contributed by atoms with Gasteiger partial charge in [0.2, 0.25) is 0 Å². The summed E-state index contributed by atoms with van der Waals surface area (Å²) in [6.07, 6.45) is 6.63. The zero-order chi connectivity index (χ0) is 10.8. The van der Waals surface area contributed by atoms with E-state index < -0.39 is 0 Å². The van der Waals surface area contributed by atoms with E-state index in [0.29, 0.717) is 5.92 Å². The van der Waals surface area contributed by atoms with Crippen LogP contribution in [0, 0.1) is 11.3 Å². The lowest BCUT2D eigenvalue weighted by atomic mass is 9.74. The van der Waals surface area contributed by atoms with Gasteiger partial charge >= 0.3 is 0 Å². The van der Waals surface area contributed by atoms with Crippen LogP contribution in [0.25, 0.3) is 0 Å². The second-order valence-corrected chi connectivity index (χ2v) is 5.87. The molecule has 0 heterocycles. The molecule has 0 radical (unpaired) electrons. The molecule has 1 aliphatic carbocycles. The number of nitrogens with two attached hydrogens (primary N) is 2. The van der Waals surface area contributed by atoms with E-state index in [1.165, 1.54) is 32.1 Å². The van der Waals surface area contributed by atoms with E-state index in [2.05, 4.69) is 20.8 Å². The van der Waals surface area contributed by atoms with E-state index in [4.69, 9.17) is 11.5 Å². The number of hydrogen-bond donors (Lipinski definition) is 2. The first kappa shape index (κ1) is 12.0. The van der Waals surface area contributed by atoms with Crippen molar-refractivity contribution in [1.29, 1.82) is 0 Å². The molecule has 0 aromatic heterocycles. The summed E-state index contributed by atoms with van der Waals surface area (Å²) in [5, 5.41) is 0. The molecule has 0 aliphatic heterocycles. The van der Waals surface area contributed by atoms with E-state index in [9.17, 15) is 0 Å². The fraction of sp³-hybridized carbons (Fsp3) is 1.00. The van der Waals surface area contributed by atoms with Gasteiger partial charge in [0.25, 0.3) is 0 Å². The maximum atomic E-state index is 6.25. The highest BCUT2D eigenvalue weighted by molar-refractivity contribution is 4.91. The zero-order valence-corrected chi connectivity index (χ0v) is 9.92. The van der Waals surface area contributed by atoms with Gasteiger partial charge in [0.05, 0.1) is 0 Å². The van der Waals surface area contributed by atoms with Crippen LogP contribution in [-0.2, 0) is 0 Å². The Labute approximate surface area is 88.4 Å². The molecule has 1 fully saturated rings. The summed E-state index contributed by atoms with van der Waals surface area (Å²) in [5.74, 6) is 0.665. The number of rotatable bonds is 2. The van der Waals surface area contributed by atoms with Crippen LogP contribution in [0.4, 0.5) is 0 Å². The summed E-state index contributed by atoms with van der Waals surface area (Å²) in [6.45, 7) is 6.54. The molecular formula is C12H26N2. The van der Waals surface area contributed by atoms with Crippen LogP contribution in [0.3, 0.4) is 0 Å². The molecule has 84 valence electrons. The smallest absolute Gasteiger partial charge is 0.0244 e. The summed E-state index contributed by atoms with van der Waals surface area (Å²) >= 11 is 0. The first-order chi connectivity index (χ1) is 6.43. The van der Waals surface area contributed by atoms with Crippen LogP contribution in [0.5, 0.6) is 0 Å². The highest BCUT2D eigenvalue weighted by atomic mass is 14.8. The summed E-state index contributed by atoms with van der Waals surface area (Å²) in [7, 11) is 0. The van der Waals surface area contributed by atoms with Gasteiger partial charge in [0.1, 0.15) is 0 Å². The van der Waals surface area contributed by atoms with E-state index in [1.807, 2.05) is 0 Å². The SMILES string of the molecule is CC(C)(C)[C@@H](N)[C@H](N)C1CCCCC1. The average Bonchev–Trinajstić information content (AvgIpc) is 2.15. The van der Waals surface area contributed by atoms with Gasteiger partial charge in [-0.15, -0.1) is 0 Å². The van der Waals surface area contributed by atoms with Gasteiger partial charge in [-0.05, 0) is 24.2 Å². The Balaban J connectivity index is 2.50. The molecule has 2 heteroatoms. The molecule has 0 spiro atoms. The van der Waals surface area contributed by atoms with E-state index in [-0.39, 0.29) is 17.5 Å². The normalized spacial score (nSPS) is 24.6. The van der Waals surface area contributed by atoms with Crippen LogP contribution >= 0.6 is 0 Å². The largest absolute Gasteiger partial charge is 0.326 e. The molecule has 0 bridgehead atoms. The molecule has 4 N–H and O–H groups in total. The van der Waals surface area contributed by atoms with Crippen LogP contribution in [0.2, 0.25) is 0 Å². The van der Waals surface area contributed by atoms with Gasteiger partial charge in [-0.2, -0.15) is 0 Å². The van der Waals surface area contributed by atoms with Crippen LogP contribution in [-0.4, -0.2) is 12.1 Å². The Bertz CT molecular complexity index is 166. The average molecular weight is 198 g/mol. The minimum Gasteiger partial charge on any atom is -0.326 e. The van der Waals surface area contributed by atoms with Crippen molar-refractivity contribution in [3.63, 3.8) is 0 Å². The molecule has 2 nitrogen and oxygen atoms in total. The molecule has 2 atom stereocenters. The first-order valence-electron chi connectivity index (χ1n) is 5.94. The molecule has 1 aliphatic rings. The minimum atomic E-state index is 0.130. The van der Waals surface area contributed by atoms with E-state index in [1.54, 1.807) is 0 Å². The lowest BCUT2D eigenvalue weighted by Crippen LogP contribution is -2.53. The third-order valence-electron chi connectivity index (χ3n) is 3.61. The van der Waals surface area contributed by atoms with Crippen molar-refractivity contribution in [2.75, 3.05) is 0 Å². The van der Waals surface area contributed by atoms with Gasteiger partial charge in [-0.3, -0.25) is 0 Å². The fourth-order valence-corrected chi connectivity index (χ4v) is 2.39. The van der Waals surface area contributed by atoms with Gasteiger partial charge in [-0.1, -0.05) is 40.0 Å². The van der Waals surface area contributed by atoms with Crippen LogP contribution in [0.15, 0.2) is 0 Å². The second-order valence-electron chi connectivity index (χ2n) is 5.87. The van der Waals surface area contributed by atoms with Crippen molar-refractivity contribution in [1.82, 2.24) is 0 Å². The standard InChI is InChI=1S/C12H26N2/c1-12(2,3)11(14)10(13)9-7-5-4-6-8-9/h9-11H,4-8,13-14H2,1-3H3/t10-,11+/m1/s1. The number of hydrogen-bond acceptors (Lipinski definition) is 2. The molecule has 0 aromatic carbocycles. The second kappa shape index (κ2) is 4.63. The topological polar surface area (TPSA) is 52.0 Å². The van der Waals surface area contributed by atoms with Crippen molar-refractivity contribution in [2.24, 2.45) is 22.8 Å². The Morgan fingerprint density at radius 3 is 1.93 bits per heavy atom. The lowest BCUT2D eigenvalue weighted by Gasteiger charge is -2.38. The predicted molar refractivity (Wildman–Crippen MR) is 62.0 cm³/mol. The molecule has 14 heavy (non-hydrogen) atoms. The lowest BCUT2D eigenvalue weighted by molar-refractivity contribution is 0.202. The minimum absolute atomic E-state index is 0.130. The van der Waals surface area contributed by atoms with Crippen molar-refractivity contribution in [2.45, 2.75) is 65.0 Å². The predicted octanol–water partition coefficient (Wildman–Crippen LogP) is 2.27. The van der Waals surface area contributed by atoms with Gasteiger partial charge in [0.15, 0.2) is 0 Å². The summed E-state index contributed by atoms with van der Waals surface area (Å²) in [4.78, 5) is 0. The quantitative estimate of drug-likeness (QED) is 0.715. The van der Waals surface area contributed by atoms with E-state index >= 15 is 0 Å². The molecular weight excluding hydrogens is 172 g/mol. The Morgan fingerprint density at radius 2 is 1.50 bits per heavy atom. The third-order valence-corrected chi connectivity index (χ3v) is 3.61. The van der Waals surface area contributed by atoms with Crippen molar-refractivity contribution >= 4 is 0 Å². The zero-order valence-electron chi connectivity index (χ0n) is 9.92. The van der Waals surface area contributed by atoms with Crippen molar-refractivity contribution in [3.8, 4) is 0 Å². The third kappa shape index (κ3) is 2.96. The molecule has 1 saturated carbocycles. The van der Waals surface area contributed by atoms with Gasteiger partial charge < -0.3 is 11.5 Å². The van der Waals surface area contributed by atoms with Gasteiger partial charge in [-0.25, -0.2) is 0 Å². The van der Waals surface area contributed by atoms with Crippen molar-refractivity contribution in [3.05, 3.63) is 0 Å². The Morgan fingerprint density at radius 1 is 1.00 bits per heavy atom. The molecule has 0 amide bonds. The maximum Gasteiger partial charge on any atom is 0.0244 e. The van der Waals surface area contributed by atoms with Gasteiger partial charge in [0, 0.05) is 12.1 Å². The highest BCUT2D eigenvalue weighted by Crippen LogP contribution is 2.30. The van der Waals surface area contributed by atoms with Crippen LogP contribution < -0.4 is 11.5 Å². The Hall–Kier alpha value is -0.0800. The monoisotopic (exact) mass is 198 g/mol. The molecule has 0 aromatic rings. The fourth-order valence-electron chi connectivity index (χ4n) is 2.39. The summed E-state index contributed by atoms with van der Waals surface area (Å²) in [5.41, 5.74) is 12.6. The highest BCUT2D eigenvalue weighted by Gasteiger charge is 2.32. The first-order valence-corrected chi connectivity index (χ1v) is 5.94. The van der Waals surface area contributed by atoms with Crippen LogP contribution in [0.1, 0.15) is 52.9 Å². The van der Waals surface area contributed by atoms with Crippen molar-refractivity contribution < 1.29 is 0 Å². The van der Waals surface area contributed by atoms with E-state index in [0.717, 1.165) is 0 Å². The Kier molecular flexibility index (Phi) is 3.96. The molecule has 1 rings (SSSR count). The summed E-state index contributed by atoms with van der Waals surface area (Å²) in [6, 6.07) is 0.320. The summed E-state index contributed by atoms with van der Waals surface area (Å²) < 4.78 is 0. The molecule has 0 unspecified atom stereocenters. The molecule has 0 saturated heterocycles.